The molecule has 0 aliphatic rings. The van der Waals surface area contributed by atoms with E-state index in [0.29, 0.717) is 0 Å². The Kier molecular flexibility index (Phi) is 3.86. The van der Waals surface area contributed by atoms with Crippen LogP contribution in [-0.4, -0.2) is 26.8 Å². The summed E-state index contributed by atoms with van der Waals surface area (Å²) >= 11 is 2.99. The van der Waals surface area contributed by atoms with Gasteiger partial charge >= 0.3 is 0 Å². The fraction of sp³-hybridized carbons (Fsp3) is 0.333. The van der Waals surface area contributed by atoms with E-state index in [0.717, 1.165) is 12.1 Å². The Hall–Kier alpha value is -0.650. The molecule has 0 aliphatic carbocycles. The number of alkyl halides is 1. The van der Waals surface area contributed by atoms with E-state index in [2.05, 4.69) is 15.9 Å². The number of hydrogen-bond acceptors (Lipinski definition) is 3. The second-order valence-corrected chi connectivity index (χ2v) is 3.52. The molecular weight excluding hydrogens is 255 g/mol. The summed E-state index contributed by atoms with van der Waals surface area (Å²) in [6.07, 6.45) is -2.16. The molecule has 0 radical (unpaired) electrons. The number of phenolic OH excluding ortho intramolecular Hbond substituents is 1. The maximum atomic E-state index is 12.9. The van der Waals surface area contributed by atoms with Gasteiger partial charge in [-0.15, -0.1) is 0 Å². The van der Waals surface area contributed by atoms with Crippen molar-refractivity contribution in [1.29, 1.82) is 0 Å². The molecule has 0 aromatic heterocycles. The van der Waals surface area contributed by atoms with E-state index < -0.39 is 23.8 Å². The molecule has 0 fully saturated rings. The minimum atomic E-state index is -1.16. The van der Waals surface area contributed by atoms with Crippen molar-refractivity contribution in [2.45, 2.75) is 12.2 Å². The lowest BCUT2D eigenvalue weighted by Crippen LogP contribution is -2.19. The second kappa shape index (κ2) is 4.72. The van der Waals surface area contributed by atoms with Gasteiger partial charge in [-0.05, 0) is 17.7 Å². The molecule has 2 atom stereocenters. The maximum Gasteiger partial charge on any atom is 0.165 e. The van der Waals surface area contributed by atoms with E-state index in [-0.39, 0.29) is 10.9 Å². The van der Waals surface area contributed by atoms with Crippen molar-refractivity contribution in [1.82, 2.24) is 0 Å². The Morgan fingerprint density at radius 1 is 1.36 bits per heavy atom. The predicted octanol–water partition coefficient (Wildman–Crippen LogP) is 1.32. The SMILES string of the molecule is Oc1ccc(C(O)C(O)CBr)cc1F. The highest BCUT2D eigenvalue weighted by molar-refractivity contribution is 9.09. The highest BCUT2D eigenvalue weighted by atomic mass is 79.9. The molecule has 0 heterocycles. The van der Waals surface area contributed by atoms with Crippen LogP contribution in [0.15, 0.2) is 18.2 Å². The normalized spacial score (nSPS) is 15.1. The van der Waals surface area contributed by atoms with Crippen molar-refractivity contribution in [3.8, 4) is 5.75 Å². The first-order chi connectivity index (χ1) is 6.56. The van der Waals surface area contributed by atoms with E-state index in [1.165, 1.54) is 6.07 Å². The van der Waals surface area contributed by atoms with Crippen LogP contribution in [-0.2, 0) is 0 Å². The fourth-order valence-corrected chi connectivity index (χ4v) is 1.37. The monoisotopic (exact) mass is 264 g/mol. The van der Waals surface area contributed by atoms with Gasteiger partial charge in [0.05, 0.1) is 6.10 Å². The molecule has 2 unspecified atom stereocenters. The summed E-state index contributed by atoms with van der Waals surface area (Å²) in [7, 11) is 0. The van der Waals surface area contributed by atoms with Crippen molar-refractivity contribution in [2.24, 2.45) is 0 Å². The number of rotatable bonds is 3. The molecule has 5 heteroatoms. The molecule has 0 saturated heterocycles. The molecule has 1 aromatic carbocycles. The van der Waals surface area contributed by atoms with Gasteiger partial charge in [-0.25, -0.2) is 4.39 Å². The lowest BCUT2D eigenvalue weighted by Gasteiger charge is -2.15. The Labute approximate surface area is 88.9 Å². The zero-order valence-corrected chi connectivity index (χ0v) is 8.78. The van der Waals surface area contributed by atoms with Crippen LogP contribution in [0, 0.1) is 5.82 Å². The summed E-state index contributed by atoms with van der Waals surface area (Å²) in [5.41, 5.74) is 0.229. The highest BCUT2D eigenvalue weighted by Crippen LogP contribution is 2.23. The van der Waals surface area contributed by atoms with Crippen LogP contribution in [0.2, 0.25) is 0 Å². The van der Waals surface area contributed by atoms with Crippen LogP contribution in [0.3, 0.4) is 0 Å². The van der Waals surface area contributed by atoms with Crippen molar-refractivity contribution < 1.29 is 19.7 Å². The Balaban J connectivity index is 2.91. The van der Waals surface area contributed by atoms with Crippen LogP contribution in [0.25, 0.3) is 0 Å². The summed E-state index contributed by atoms with van der Waals surface area (Å²) in [6.45, 7) is 0. The van der Waals surface area contributed by atoms with Gasteiger partial charge in [0.2, 0.25) is 0 Å². The summed E-state index contributed by atoms with van der Waals surface area (Å²) in [4.78, 5) is 0. The third-order valence-electron chi connectivity index (χ3n) is 1.84. The van der Waals surface area contributed by atoms with Gasteiger partial charge in [0.15, 0.2) is 11.6 Å². The van der Waals surface area contributed by atoms with Gasteiger partial charge in [0.25, 0.3) is 0 Å². The van der Waals surface area contributed by atoms with Gasteiger partial charge in [-0.2, -0.15) is 0 Å². The van der Waals surface area contributed by atoms with Crippen molar-refractivity contribution in [3.05, 3.63) is 29.6 Å². The number of aromatic hydroxyl groups is 1. The van der Waals surface area contributed by atoms with Crippen LogP contribution in [0.4, 0.5) is 4.39 Å². The first kappa shape index (κ1) is 11.4. The van der Waals surface area contributed by atoms with Crippen LogP contribution in [0.1, 0.15) is 11.7 Å². The zero-order chi connectivity index (χ0) is 10.7. The van der Waals surface area contributed by atoms with Crippen LogP contribution in [0.5, 0.6) is 5.75 Å². The van der Waals surface area contributed by atoms with Gasteiger partial charge in [0, 0.05) is 5.33 Å². The second-order valence-electron chi connectivity index (χ2n) is 2.88. The predicted molar refractivity (Wildman–Crippen MR) is 52.8 cm³/mol. The number of aliphatic hydroxyl groups excluding tert-OH is 2. The minimum Gasteiger partial charge on any atom is -0.505 e. The van der Waals surface area contributed by atoms with E-state index in [1.54, 1.807) is 0 Å². The molecule has 0 aliphatic heterocycles. The topological polar surface area (TPSA) is 60.7 Å². The van der Waals surface area contributed by atoms with E-state index >= 15 is 0 Å². The van der Waals surface area contributed by atoms with Crippen molar-refractivity contribution in [2.75, 3.05) is 5.33 Å². The molecule has 78 valence electrons. The zero-order valence-electron chi connectivity index (χ0n) is 7.19. The van der Waals surface area contributed by atoms with E-state index in [4.69, 9.17) is 5.11 Å². The number of halogens is 2. The number of aliphatic hydroxyl groups is 2. The molecule has 1 aromatic rings. The summed E-state index contributed by atoms with van der Waals surface area (Å²) in [5, 5.41) is 27.8. The number of phenols is 1. The lowest BCUT2D eigenvalue weighted by molar-refractivity contribution is 0.0340. The van der Waals surface area contributed by atoms with Crippen LogP contribution >= 0.6 is 15.9 Å². The Morgan fingerprint density at radius 3 is 2.50 bits per heavy atom. The summed E-state index contributed by atoms with van der Waals surface area (Å²) in [5.74, 6) is -1.29. The largest absolute Gasteiger partial charge is 0.505 e. The van der Waals surface area contributed by atoms with Crippen LogP contribution < -0.4 is 0 Å². The van der Waals surface area contributed by atoms with E-state index in [1.807, 2.05) is 0 Å². The highest BCUT2D eigenvalue weighted by Gasteiger charge is 2.18. The molecule has 0 saturated carbocycles. The molecule has 14 heavy (non-hydrogen) atoms. The molecule has 0 spiro atoms. The first-order valence-corrected chi connectivity index (χ1v) is 5.09. The molecule has 0 amide bonds. The first-order valence-electron chi connectivity index (χ1n) is 3.96. The summed E-state index contributed by atoms with van der Waals surface area (Å²) in [6, 6.07) is 3.48. The molecule has 3 nitrogen and oxygen atoms in total. The number of benzene rings is 1. The fourth-order valence-electron chi connectivity index (χ4n) is 1.01. The van der Waals surface area contributed by atoms with Gasteiger partial charge in [-0.3, -0.25) is 0 Å². The number of hydrogen-bond donors (Lipinski definition) is 3. The van der Waals surface area contributed by atoms with Gasteiger partial charge in [-0.1, -0.05) is 22.0 Å². The third-order valence-corrected chi connectivity index (χ3v) is 2.50. The van der Waals surface area contributed by atoms with Crippen molar-refractivity contribution in [3.63, 3.8) is 0 Å². The Morgan fingerprint density at radius 2 is 2.00 bits per heavy atom. The minimum absolute atomic E-state index is 0.191. The average molecular weight is 265 g/mol. The molecule has 1 rings (SSSR count). The molecular formula is C9H10BrFO3. The summed E-state index contributed by atoms with van der Waals surface area (Å²) < 4.78 is 12.9. The lowest BCUT2D eigenvalue weighted by atomic mass is 10.1. The quantitative estimate of drug-likeness (QED) is 0.722. The van der Waals surface area contributed by atoms with E-state index in [9.17, 15) is 14.6 Å². The maximum absolute atomic E-state index is 12.9. The van der Waals surface area contributed by atoms with Crippen molar-refractivity contribution >= 4 is 15.9 Å². The molecule has 0 bridgehead atoms. The van der Waals surface area contributed by atoms with Gasteiger partial charge < -0.3 is 15.3 Å². The Bertz CT molecular complexity index is 319. The molecule has 3 N–H and O–H groups in total. The smallest absolute Gasteiger partial charge is 0.165 e. The average Bonchev–Trinajstić information content (AvgIpc) is 2.20. The standard InChI is InChI=1S/C9H10BrFO3/c10-4-8(13)9(14)5-1-2-7(12)6(11)3-5/h1-3,8-9,12-14H,4H2. The van der Waals surface area contributed by atoms with Gasteiger partial charge in [0.1, 0.15) is 6.10 Å². The third kappa shape index (κ3) is 2.43.